The van der Waals surface area contributed by atoms with Gasteiger partial charge in [-0.3, -0.25) is 25.8 Å². The van der Waals surface area contributed by atoms with Crippen LogP contribution in [0.1, 0.15) is 38.5 Å². The monoisotopic (exact) mass is 572 g/mol. The molecule has 0 aromatic heterocycles. The van der Waals surface area contributed by atoms with Gasteiger partial charge in [-0.2, -0.15) is 0 Å². The van der Waals surface area contributed by atoms with Gasteiger partial charge in [0.05, 0.1) is 13.2 Å². The lowest BCUT2D eigenvalue weighted by Gasteiger charge is -2.24. The quantitative estimate of drug-likeness (QED) is 0.0362. The first-order valence-corrected chi connectivity index (χ1v) is 11.2. The maximum atomic E-state index is 13.0. The van der Waals surface area contributed by atoms with Crippen LogP contribution in [0.3, 0.4) is 0 Å². The minimum absolute atomic E-state index is 0. The van der Waals surface area contributed by atoms with E-state index in [9.17, 15) is 14.4 Å². The van der Waals surface area contributed by atoms with Crippen LogP contribution in [0.2, 0.25) is 0 Å². The molecule has 37 heavy (non-hydrogen) atoms. The van der Waals surface area contributed by atoms with Crippen LogP contribution in [0.5, 0.6) is 0 Å². The van der Waals surface area contributed by atoms with Crippen molar-refractivity contribution in [2.24, 2.45) is 22.9 Å². The SMILES string of the molecule is COC(=O)[C@H](CCCNC(=N)N)NC(=O)[C@H](CCCNC(=N)N)NC(=O)[C@@H](N)CCCNC(=N)N.Cl.Cl. The average Bonchev–Trinajstić information content (AvgIpc) is 2.79. The normalized spacial score (nSPS) is 12.2. The van der Waals surface area contributed by atoms with E-state index < -0.39 is 35.9 Å². The molecule has 0 heterocycles. The van der Waals surface area contributed by atoms with Gasteiger partial charge in [0, 0.05) is 19.6 Å². The average molecular weight is 574 g/mol. The molecule has 0 bridgehead atoms. The minimum atomic E-state index is -1.000. The highest BCUT2D eigenvalue weighted by Gasteiger charge is 2.28. The maximum Gasteiger partial charge on any atom is 0.328 e. The lowest BCUT2D eigenvalue weighted by atomic mass is 10.1. The van der Waals surface area contributed by atoms with Crippen molar-refractivity contribution >= 4 is 60.5 Å². The highest BCUT2D eigenvalue weighted by Crippen LogP contribution is 2.05. The number of halogens is 2. The number of amides is 2. The van der Waals surface area contributed by atoms with Crippen LogP contribution in [0.25, 0.3) is 0 Å². The summed E-state index contributed by atoms with van der Waals surface area (Å²) in [6, 6.07) is -2.87. The molecule has 16 nitrogen and oxygen atoms in total. The number of hydrogen-bond acceptors (Lipinski definition) is 8. The van der Waals surface area contributed by atoms with Crippen LogP contribution in [-0.2, 0) is 19.1 Å². The van der Waals surface area contributed by atoms with E-state index in [-0.39, 0.29) is 55.5 Å². The Morgan fingerprint density at radius 2 is 1.08 bits per heavy atom. The Morgan fingerprint density at radius 1 is 0.703 bits per heavy atom. The summed E-state index contributed by atoms with van der Waals surface area (Å²) >= 11 is 0. The van der Waals surface area contributed by atoms with Gasteiger partial charge in [0.25, 0.3) is 0 Å². The Hall–Kier alpha value is -3.24. The molecule has 0 unspecified atom stereocenters. The van der Waals surface area contributed by atoms with Crippen LogP contribution in [-0.4, -0.2) is 80.5 Å². The number of nitrogens with two attached hydrogens (primary N) is 4. The number of carbonyl (C=O) groups excluding carboxylic acids is 3. The summed E-state index contributed by atoms with van der Waals surface area (Å²) in [5, 5.41) is 34.5. The second-order valence-corrected chi connectivity index (χ2v) is 7.70. The van der Waals surface area contributed by atoms with Gasteiger partial charge in [0.1, 0.15) is 12.1 Å². The van der Waals surface area contributed by atoms with E-state index in [0.717, 1.165) is 0 Å². The summed E-state index contributed by atoms with van der Waals surface area (Å²) in [6.45, 7) is 0.994. The van der Waals surface area contributed by atoms with Gasteiger partial charge in [-0.15, -0.1) is 24.8 Å². The predicted molar refractivity (Wildman–Crippen MR) is 146 cm³/mol. The summed E-state index contributed by atoms with van der Waals surface area (Å²) in [4.78, 5) is 37.7. The molecular weight excluding hydrogens is 531 g/mol. The van der Waals surface area contributed by atoms with Crippen LogP contribution >= 0.6 is 24.8 Å². The molecule has 0 radical (unpaired) electrons. The molecule has 18 heteroatoms. The molecule has 0 fully saturated rings. The summed E-state index contributed by atoms with van der Waals surface area (Å²) in [5.41, 5.74) is 21.6. The van der Waals surface area contributed by atoms with Crippen molar-refractivity contribution in [1.29, 1.82) is 16.2 Å². The van der Waals surface area contributed by atoms with Gasteiger partial charge in [0.15, 0.2) is 17.9 Å². The van der Waals surface area contributed by atoms with Gasteiger partial charge in [-0.05, 0) is 38.5 Å². The Labute approximate surface area is 228 Å². The summed E-state index contributed by atoms with van der Waals surface area (Å²) in [7, 11) is 1.20. The van der Waals surface area contributed by atoms with Gasteiger partial charge in [0.2, 0.25) is 11.8 Å². The predicted octanol–water partition coefficient (Wildman–Crippen LogP) is -2.91. The van der Waals surface area contributed by atoms with Crippen molar-refractivity contribution in [3.63, 3.8) is 0 Å². The van der Waals surface area contributed by atoms with Gasteiger partial charge in [-0.25, -0.2) is 4.79 Å². The van der Waals surface area contributed by atoms with Crippen molar-refractivity contribution in [3.05, 3.63) is 0 Å². The van der Waals surface area contributed by atoms with Crippen molar-refractivity contribution in [2.75, 3.05) is 26.7 Å². The second-order valence-electron chi connectivity index (χ2n) is 7.70. The third kappa shape index (κ3) is 19.6. The first kappa shape index (κ1) is 38.3. The zero-order valence-corrected chi connectivity index (χ0v) is 22.5. The fourth-order valence-electron chi connectivity index (χ4n) is 2.95. The number of ether oxygens (including phenoxy) is 1. The third-order valence-corrected chi connectivity index (χ3v) is 4.75. The van der Waals surface area contributed by atoms with Crippen LogP contribution < -0.4 is 49.5 Å². The molecule has 0 rings (SSSR count). The Kier molecular flexibility index (Phi) is 22.8. The Bertz CT molecular complexity index is 744. The van der Waals surface area contributed by atoms with E-state index in [4.69, 9.17) is 43.9 Å². The van der Waals surface area contributed by atoms with Crippen LogP contribution in [0, 0.1) is 16.2 Å². The van der Waals surface area contributed by atoms with E-state index in [1.165, 1.54) is 7.11 Å². The first-order valence-electron chi connectivity index (χ1n) is 11.2. The first-order chi connectivity index (χ1) is 16.5. The number of rotatable bonds is 17. The number of nitrogens with one attached hydrogen (secondary N) is 8. The summed E-state index contributed by atoms with van der Waals surface area (Å²) in [5.74, 6) is -2.41. The lowest BCUT2D eigenvalue weighted by molar-refractivity contribution is -0.145. The number of hydrogen-bond donors (Lipinski definition) is 12. The van der Waals surface area contributed by atoms with Crippen molar-refractivity contribution in [2.45, 2.75) is 56.7 Å². The molecule has 2 amide bonds. The van der Waals surface area contributed by atoms with Crippen molar-refractivity contribution in [1.82, 2.24) is 26.6 Å². The summed E-state index contributed by atoms with van der Waals surface area (Å²) in [6.07, 6.45) is 1.98. The molecule has 3 atom stereocenters. The third-order valence-electron chi connectivity index (χ3n) is 4.75. The zero-order chi connectivity index (χ0) is 26.8. The number of esters is 1. The van der Waals surface area contributed by atoms with E-state index in [0.29, 0.717) is 45.3 Å². The molecule has 0 aliphatic carbocycles. The molecule has 0 aliphatic rings. The van der Waals surface area contributed by atoms with Gasteiger partial charge in [-0.1, -0.05) is 0 Å². The zero-order valence-electron chi connectivity index (χ0n) is 20.9. The Balaban J connectivity index is -0.00000578. The van der Waals surface area contributed by atoms with Crippen LogP contribution in [0.15, 0.2) is 0 Å². The number of guanidine groups is 3. The lowest BCUT2D eigenvalue weighted by Crippen LogP contribution is -2.54. The molecule has 216 valence electrons. The van der Waals surface area contributed by atoms with E-state index in [1.807, 2.05) is 0 Å². The minimum Gasteiger partial charge on any atom is -0.467 e. The molecule has 0 aromatic carbocycles. The highest BCUT2D eigenvalue weighted by molar-refractivity contribution is 5.92. The summed E-state index contributed by atoms with van der Waals surface area (Å²) < 4.78 is 4.76. The molecule has 0 aromatic rings. The Morgan fingerprint density at radius 3 is 1.49 bits per heavy atom. The van der Waals surface area contributed by atoms with E-state index >= 15 is 0 Å². The van der Waals surface area contributed by atoms with E-state index in [2.05, 4.69) is 26.6 Å². The smallest absolute Gasteiger partial charge is 0.328 e. The van der Waals surface area contributed by atoms with Crippen molar-refractivity contribution in [3.8, 4) is 0 Å². The molecular formula is C19H42Cl2N12O4. The standard InChI is InChI=1S/C19H40N12O4.2ClH/c1-35-16(34)13(7-4-10-29-19(25)26)31-15(33)12(6-3-9-28-18(23)24)30-14(32)11(20)5-2-8-27-17(21)22;;/h11-13H,2-10,20H2,1H3,(H,30,32)(H,31,33)(H4,21,22,27)(H4,23,24,28)(H4,25,26,29);2*1H/t11-,12-,13-;;/m0../s1. The fourth-order valence-corrected chi connectivity index (χ4v) is 2.95. The fraction of sp³-hybridized carbons (Fsp3) is 0.684. The van der Waals surface area contributed by atoms with Crippen LogP contribution in [0.4, 0.5) is 0 Å². The molecule has 0 saturated carbocycles. The number of methoxy groups -OCH3 is 1. The number of carbonyl (C=O) groups is 3. The highest BCUT2D eigenvalue weighted by atomic mass is 35.5. The van der Waals surface area contributed by atoms with Gasteiger partial charge >= 0.3 is 5.97 Å². The largest absolute Gasteiger partial charge is 0.467 e. The van der Waals surface area contributed by atoms with Crippen molar-refractivity contribution < 1.29 is 19.1 Å². The molecule has 0 saturated heterocycles. The van der Waals surface area contributed by atoms with E-state index in [1.54, 1.807) is 0 Å². The molecule has 0 aliphatic heterocycles. The maximum absolute atomic E-state index is 13.0. The second kappa shape index (κ2) is 22.0. The van der Waals surface area contributed by atoms with Gasteiger partial charge < -0.3 is 54.3 Å². The molecule has 16 N–H and O–H groups in total. The topological polar surface area (TPSA) is 296 Å². The molecule has 0 spiro atoms.